The number of halogens is 1. The van der Waals surface area contributed by atoms with Crippen molar-refractivity contribution in [3.05, 3.63) is 34.9 Å². The van der Waals surface area contributed by atoms with Crippen LogP contribution >= 0.6 is 15.9 Å². The van der Waals surface area contributed by atoms with Crippen LogP contribution < -0.4 is 10.2 Å². The number of benzene rings is 1. The topological polar surface area (TPSA) is 33.1 Å². The third-order valence-electron chi connectivity index (χ3n) is 2.90. The summed E-state index contributed by atoms with van der Waals surface area (Å²) in [6.07, 6.45) is 4.18. The maximum Gasteiger partial charge on any atom is 0.163 e. The van der Waals surface area contributed by atoms with Crippen molar-refractivity contribution < 1.29 is 0 Å². The molecule has 0 saturated carbocycles. The van der Waals surface area contributed by atoms with E-state index in [1.165, 1.54) is 0 Å². The molecule has 0 radical (unpaired) electrons. The van der Waals surface area contributed by atoms with Crippen LogP contribution in [0.5, 0.6) is 0 Å². The Hall–Kier alpha value is -1.33. The highest BCUT2D eigenvalue weighted by atomic mass is 79.9. The molecule has 88 valence electrons. The van der Waals surface area contributed by atoms with E-state index < -0.39 is 0 Å². The van der Waals surface area contributed by atoms with Gasteiger partial charge in [-0.15, -0.1) is 0 Å². The summed E-state index contributed by atoms with van der Waals surface area (Å²) < 4.78 is 2.99. The fourth-order valence-electron chi connectivity index (χ4n) is 2.13. The van der Waals surface area contributed by atoms with Crippen LogP contribution in [0.2, 0.25) is 0 Å². The Morgan fingerprint density at radius 3 is 3.06 bits per heavy atom. The van der Waals surface area contributed by atoms with Gasteiger partial charge in [0.25, 0.3) is 0 Å². The van der Waals surface area contributed by atoms with Crippen LogP contribution in [0.15, 0.2) is 34.9 Å². The number of hydrogen-bond donors (Lipinski definition) is 1. The number of nitrogens with zero attached hydrogens (tertiary/aromatic N) is 3. The van der Waals surface area contributed by atoms with Gasteiger partial charge >= 0.3 is 0 Å². The average molecular weight is 293 g/mol. The number of nitrogens with one attached hydrogen (secondary N) is 1. The van der Waals surface area contributed by atoms with E-state index >= 15 is 0 Å². The molecular weight excluding hydrogens is 280 g/mol. The molecule has 0 amide bonds. The second-order valence-electron chi connectivity index (χ2n) is 4.05. The Bertz CT molecular complexity index is 587. The lowest BCUT2D eigenvalue weighted by Gasteiger charge is -2.21. The van der Waals surface area contributed by atoms with Crippen molar-refractivity contribution in [2.75, 3.05) is 18.1 Å². The summed E-state index contributed by atoms with van der Waals surface area (Å²) in [6, 6.07) is 6.18. The summed E-state index contributed by atoms with van der Waals surface area (Å²) in [6.45, 7) is 1.72. The Balaban J connectivity index is 2.20. The van der Waals surface area contributed by atoms with Gasteiger partial charge in [0.2, 0.25) is 0 Å². The van der Waals surface area contributed by atoms with Crippen molar-refractivity contribution in [2.24, 2.45) is 7.05 Å². The van der Waals surface area contributed by atoms with Gasteiger partial charge in [-0.3, -0.25) is 10.00 Å². The number of aryl methyl sites for hydroxylation is 1. The summed E-state index contributed by atoms with van der Waals surface area (Å²) in [4.78, 5) is 2.12. The predicted octanol–water partition coefficient (Wildman–Crippen LogP) is 2.22. The fourth-order valence-corrected chi connectivity index (χ4v) is 2.75. The molecule has 3 rings (SSSR count). The maximum absolute atomic E-state index is 4.60. The molecule has 17 heavy (non-hydrogen) atoms. The molecule has 4 nitrogen and oxygen atoms in total. The molecule has 0 bridgehead atoms. The largest absolute Gasteiger partial charge is 0.318 e. The molecule has 1 aromatic heterocycles. The highest BCUT2D eigenvalue weighted by Crippen LogP contribution is 2.30. The molecule has 0 aliphatic carbocycles. The fraction of sp³-hybridized carbons (Fsp3) is 0.250. The first kappa shape index (κ1) is 10.8. The van der Waals surface area contributed by atoms with E-state index in [0.717, 1.165) is 34.4 Å². The molecular formula is C12H13BrN4. The zero-order valence-corrected chi connectivity index (χ0v) is 11.1. The minimum Gasteiger partial charge on any atom is -0.318 e. The third kappa shape index (κ3) is 1.75. The van der Waals surface area contributed by atoms with Gasteiger partial charge in [0.15, 0.2) is 5.82 Å². The molecule has 0 saturated heterocycles. The molecule has 2 heterocycles. The first-order valence-corrected chi connectivity index (χ1v) is 6.32. The van der Waals surface area contributed by atoms with Gasteiger partial charge in [0, 0.05) is 29.7 Å². The Labute approximate surface area is 108 Å². The van der Waals surface area contributed by atoms with Crippen molar-refractivity contribution in [3.8, 4) is 0 Å². The normalized spacial score (nSPS) is 15.8. The lowest BCUT2D eigenvalue weighted by molar-refractivity contribution is 0.703. The van der Waals surface area contributed by atoms with Gasteiger partial charge in [-0.2, -0.15) is 5.10 Å². The van der Waals surface area contributed by atoms with Gasteiger partial charge in [-0.05, 0) is 28.1 Å². The Morgan fingerprint density at radius 1 is 1.41 bits per heavy atom. The molecule has 1 aromatic carbocycles. The number of para-hydroxylation sites is 1. The summed E-state index contributed by atoms with van der Waals surface area (Å²) in [5.41, 5.74) is 1.13. The third-order valence-corrected chi connectivity index (χ3v) is 3.54. The minimum atomic E-state index is 0.801. The molecule has 0 fully saturated rings. The molecule has 0 spiro atoms. The van der Waals surface area contributed by atoms with Gasteiger partial charge in [0.1, 0.15) is 0 Å². The number of hydrogen-bond acceptors (Lipinski definition) is 3. The average Bonchev–Trinajstić information content (AvgIpc) is 2.69. The number of anilines is 1. The van der Waals surface area contributed by atoms with Crippen LogP contribution in [0, 0.1) is 0 Å². The molecule has 1 aliphatic rings. The summed E-state index contributed by atoms with van der Waals surface area (Å²) in [5.74, 6) is 0.993. The maximum atomic E-state index is 4.60. The van der Waals surface area contributed by atoms with Crippen molar-refractivity contribution in [1.82, 2.24) is 15.1 Å². The van der Waals surface area contributed by atoms with Crippen LogP contribution in [0.4, 0.5) is 5.82 Å². The van der Waals surface area contributed by atoms with Crippen molar-refractivity contribution in [3.63, 3.8) is 0 Å². The summed E-state index contributed by atoms with van der Waals surface area (Å²) >= 11 is 3.57. The summed E-state index contributed by atoms with van der Waals surface area (Å²) in [7, 11) is 1.97. The first-order chi connectivity index (χ1) is 8.27. The lowest BCUT2D eigenvalue weighted by Crippen LogP contribution is -2.34. The number of rotatable bonds is 1. The van der Waals surface area contributed by atoms with Gasteiger partial charge in [-0.25, -0.2) is 0 Å². The number of aromatic nitrogens is 2. The van der Waals surface area contributed by atoms with Crippen LogP contribution in [-0.2, 0) is 7.05 Å². The van der Waals surface area contributed by atoms with E-state index in [-0.39, 0.29) is 0 Å². The standard InChI is InChI=1S/C12H13BrN4/c1-16-11-9(4-2-5-10(11)13)12(15-16)17-7-3-6-14-8-17/h2-5,7,14H,6,8H2,1H3. The molecule has 5 heteroatoms. The highest BCUT2D eigenvalue weighted by Gasteiger charge is 2.16. The molecule has 1 aliphatic heterocycles. The molecule has 0 atom stereocenters. The highest BCUT2D eigenvalue weighted by molar-refractivity contribution is 9.10. The predicted molar refractivity (Wildman–Crippen MR) is 72.9 cm³/mol. The zero-order chi connectivity index (χ0) is 11.8. The van der Waals surface area contributed by atoms with Crippen molar-refractivity contribution in [2.45, 2.75) is 0 Å². The van der Waals surface area contributed by atoms with E-state index in [4.69, 9.17) is 0 Å². The SMILES string of the molecule is Cn1nc(N2C=CCNC2)c2cccc(Br)c21. The molecule has 0 unspecified atom stereocenters. The van der Waals surface area contributed by atoms with E-state index in [1.807, 2.05) is 23.9 Å². The smallest absolute Gasteiger partial charge is 0.163 e. The molecule has 1 N–H and O–H groups in total. The van der Waals surface area contributed by atoms with E-state index in [0.29, 0.717) is 0 Å². The van der Waals surface area contributed by atoms with Gasteiger partial charge in [0.05, 0.1) is 12.2 Å². The van der Waals surface area contributed by atoms with Crippen LogP contribution in [0.25, 0.3) is 10.9 Å². The Kier molecular flexibility index (Phi) is 2.64. The van der Waals surface area contributed by atoms with Gasteiger partial charge in [-0.1, -0.05) is 12.1 Å². The van der Waals surface area contributed by atoms with E-state index in [9.17, 15) is 0 Å². The zero-order valence-electron chi connectivity index (χ0n) is 9.52. The second kappa shape index (κ2) is 4.16. The first-order valence-electron chi connectivity index (χ1n) is 5.52. The monoisotopic (exact) mass is 292 g/mol. The second-order valence-corrected chi connectivity index (χ2v) is 4.90. The number of fused-ring (bicyclic) bond motifs is 1. The van der Waals surface area contributed by atoms with Gasteiger partial charge < -0.3 is 4.90 Å². The van der Waals surface area contributed by atoms with Crippen LogP contribution in [0.3, 0.4) is 0 Å². The quantitative estimate of drug-likeness (QED) is 0.875. The lowest BCUT2D eigenvalue weighted by atomic mass is 10.2. The van der Waals surface area contributed by atoms with Crippen molar-refractivity contribution >= 4 is 32.7 Å². The summed E-state index contributed by atoms with van der Waals surface area (Å²) in [5, 5.41) is 9.06. The molecule has 2 aromatic rings. The van der Waals surface area contributed by atoms with Crippen LogP contribution in [-0.4, -0.2) is 23.0 Å². The van der Waals surface area contributed by atoms with E-state index in [1.54, 1.807) is 0 Å². The van der Waals surface area contributed by atoms with Crippen LogP contribution in [0.1, 0.15) is 0 Å². The van der Waals surface area contributed by atoms with E-state index in [2.05, 4.69) is 49.6 Å². The van der Waals surface area contributed by atoms with Crippen molar-refractivity contribution in [1.29, 1.82) is 0 Å². The Morgan fingerprint density at radius 2 is 2.29 bits per heavy atom. The minimum absolute atomic E-state index is 0.801.